The van der Waals surface area contributed by atoms with Crippen molar-refractivity contribution in [2.45, 2.75) is 18.7 Å². The van der Waals surface area contributed by atoms with Gasteiger partial charge in [0.1, 0.15) is 5.82 Å². The first-order valence-corrected chi connectivity index (χ1v) is 11.2. The van der Waals surface area contributed by atoms with Crippen molar-refractivity contribution in [3.05, 3.63) is 63.9 Å². The number of hydrogen-bond donors (Lipinski definition) is 3. The van der Waals surface area contributed by atoms with Gasteiger partial charge in [0.2, 0.25) is 5.95 Å². The molecule has 3 rings (SSSR count). The Hall–Kier alpha value is -2.40. The van der Waals surface area contributed by atoms with Gasteiger partial charge >= 0.3 is 0 Å². The van der Waals surface area contributed by atoms with Crippen molar-refractivity contribution in [3.8, 4) is 0 Å². The van der Waals surface area contributed by atoms with E-state index >= 15 is 0 Å². The molecule has 0 saturated carbocycles. The molecule has 0 spiro atoms. The van der Waals surface area contributed by atoms with E-state index in [2.05, 4.69) is 47.9 Å². The minimum Gasteiger partial charge on any atom is -0.354 e. The third-order valence-electron chi connectivity index (χ3n) is 3.72. The van der Waals surface area contributed by atoms with Gasteiger partial charge < -0.3 is 10.6 Å². The van der Waals surface area contributed by atoms with Gasteiger partial charge in [-0.05, 0) is 85.0 Å². The molecular formula is C19H20IN5O2S. The zero-order valence-corrected chi connectivity index (χ0v) is 18.4. The Morgan fingerprint density at radius 3 is 2.25 bits per heavy atom. The van der Waals surface area contributed by atoms with Gasteiger partial charge in [-0.2, -0.15) is 4.98 Å². The summed E-state index contributed by atoms with van der Waals surface area (Å²) in [5.74, 6) is 1.22. The molecule has 0 aliphatic rings. The average Bonchev–Trinajstić information content (AvgIpc) is 2.63. The van der Waals surface area contributed by atoms with E-state index in [9.17, 15) is 8.42 Å². The SMILES string of the molecule is CCNc1nc(C)cc(Nc2ccc(NS(=O)(=O)c3ccc(I)cc3)cc2)n1. The first-order chi connectivity index (χ1) is 13.4. The van der Waals surface area contributed by atoms with Crippen molar-refractivity contribution in [1.29, 1.82) is 0 Å². The largest absolute Gasteiger partial charge is 0.354 e. The summed E-state index contributed by atoms with van der Waals surface area (Å²) in [5.41, 5.74) is 2.12. The van der Waals surface area contributed by atoms with Crippen LogP contribution in [0, 0.1) is 10.5 Å². The summed E-state index contributed by atoms with van der Waals surface area (Å²) in [5, 5.41) is 6.29. The van der Waals surface area contributed by atoms with Crippen LogP contribution in [0.1, 0.15) is 12.6 Å². The van der Waals surface area contributed by atoms with Crippen LogP contribution in [-0.4, -0.2) is 24.9 Å². The predicted molar refractivity (Wildman–Crippen MR) is 121 cm³/mol. The maximum Gasteiger partial charge on any atom is 0.261 e. The third kappa shape index (κ3) is 5.32. The van der Waals surface area contributed by atoms with Crippen molar-refractivity contribution in [1.82, 2.24) is 9.97 Å². The number of aryl methyl sites for hydroxylation is 1. The summed E-state index contributed by atoms with van der Waals surface area (Å²) in [6, 6.07) is 15.5. The summed E-state index contributed by atoms with van der Waals surface area (Å²) in [7, 11) is -3.62. The standard InChI is InChI=1S/C19H20IN5O2S/c1-3-21-19-22-13(2)12-18(24-19)23-15-6-8-16(9-7-15)25-28(26,27)17-10-4-14(20)5-11-17/h4-12,25H,3H2,1-2H3,(H2,21,22,23,24). The molecule has 1 heterocycles. The number of anilines is 4. The lowest BCUT2D eigenvalue weighted by molar-refractivity contribution is 0.601. The van der Waals surface area contributed by atoms with Crippen molar-refractivity contribution in [2.24, 2.45) is 0 Å². The summed E-state index contributed by atoms with van der Waals surface area (Å²) in [6.07, 6.45) is 0. The summed E-state index contributed by atoms with van der Waals surface area (Å²) in [4.78, 5) is 8.94. The monoisotopic (exact) mass is 509 g/mol. The molecule has 1 aromatic heterocycles. The fraction of sp³-hybridized carbons (Fsp3) is 0.158. The smallest absolute Gasteiger partial charge is 0.261 e. The molecule has 0 amide bonds. The Morgan fingerprint density at radius 2 is 1.61 bits per heavy atom. The molecular weight excluding hydrogens is 489 g/mol. The highest BCUT2D eigenvalue weighted by Crippen LogP contribution is 2.21. The predicted octanol–water partition coefficient (Wildman–Crippen LogP) is 4.37. The van der Waals surface area contributed by atoms with E-state index < -0.39 is 10.0 Å². The van der Waals surface area contributed by atoms with Crippen molar-refractivity contribution in [3.63, 3.8) is 0 Å². The number of aromatic nitrogens is 2. The molecule has 0 aliphatic carbocycles. The Kier molecular flexibility index (Phi) is 6.35. The van der Waals surface area contributed by atoms with Crippen LogP contribution in [-0.2, 0) is 10.0 Å². The minimum absolute atomic E-state index is 0.225. The van der Waals surface area contributed by atoms with Crippen LogP contribution in [0.25, 0.3) is 0 Å². The number of halogens is 1. The quantitative estimate of drug-likeness (QED) is 0.410. The van der Waals surface area contributed by atoms with Crippen LogP contribution in [0.2, 0.25) is 0 Å². The first-order valence-electron chi connectivity index (χ1n) is 8.61. The minimum atomic E-state index is -3.62. The van der Waals surface area contributed by atoms with Gasteiger partial charge in [-0.3, -0.25) is 4.72 Å². The number of nitrogens with one attached hydrogen (secondary N) is 3. The fourth-order valence-corrected chi connectivity index (χ4v) is 3.89. The van der Waals surface area contributed by atoms with Gasteiger partial charge in [-0.25, -0.2) is 13.4 Å². The van der Waals surface area contributed by atoms with Gasteiger partial charge in [0.05, 0.1) is 4.90 Å². The van der Waals surface area contributed by atoms with E-state index in [1.54, 1.807) is 48.5 Å². The Balaban J connectivity index is 1.72. The molecule has 9 heteroatoms. The molecule has 7 nitrogen and oxygen atoms in total. The molecule has 0 atom stereocenters. The maximum atomic E-state index is 12.5. The van der Waals surface area contributed by atoms with E-state index in [1.807, 2.05) is 19.9 Å². The van der Waals surface area contributed by atoms with Crippen LogP contribution in [0.15, 0.2) is 59.5 Å². The normalized spacial score (nSPS) is 11.1. The Labute approximate surface area is 178 Å². The van der Waals surface area contributed by atoms with Crippen molar-refractivity contribution < 1.29 is 8.42 Å². The topological polar surface area (TPSA) is 96.0 Å². The van der Waals surface area contributed by atoms with Gasteiger partial charge in [-0.15, -0.1) is 0 Å². The van der Waals surface area contributed by atoms with Crippen LogP contribution in [0.5, 0.6) is 0 Å². The number of sulfonamides is 1. The molecule has 3 N–H and O–H groups in total. The number of rotatable bonds is 7. The van der Waals surface area contributed by atoms with Crippen LogP contribution in [0.4, 0.5) is 23.1 Å². The molecule has 28 heavy (non-hydrogen) atoms. The second kappa shape index (κ2) is 8.74. The van der Waals surface area contributed by atoms with E-state index in [0.29, 0.717) is 17.5 Å². The molecule has 146 valence electrons. The van der Waals surface area contributed by atoms with E-state index in [0.717, 1.165) is 21.5 Å². The molecule has 0 fully saturated rings. The van der Waals surface area contributed by atoms with Gasteiger partial charge in [0.25, 0.3) is 10.0 Å². The Bertz CT molecular complexity index is 1050. The molecule has 0 radical (unpaired) electrons. The zero-order chi connectivity index (χ0) is 20.1. The fourth-order valence-electron chi connectivity index (χ4n) is 2.47. The van der Waals surface area contributed by atoms with Crippen LogP contribution in [0.3, 0.4) is 0 Å². The Morgan fingerprint density at radius 1 is 0.964 bits per heavy atom. The van der Waals surface area contributed by atoms with Crippen molar-refractivity contribution >= 4 is 55.8 Å². The first kappa shape index (κ1) is 20.3. The summed E-state index contributed by atoms with van der Waals surface area (Å²) < 4.78 is 28.5. The molecule has 0 saturated heterocycles. The highest BCUT2D eigenvalue weighted by atomic mass is 127. The lowest BCUT2D eigenvalue weighted by Crippen LogP contribution is -2.12. The summed E-state index contributed by atoms with van der Waals surface area (Å²) in [6.45, 7) is 4.61. The number of benzene rings is 2. The number of hydrogen-bond acceptors (Lipinski definition) is 6. The van der Waals surface area contributed by atoms with Gasteiger partial charge in [-0.1, -0.05) is 0 Å². The molecule has 2 aromatic carbocycles. The highest BCUT2D eigenvalue weighted by molar-refractivity contribution is 14.1. The lowest BCUT2D eigenvalue weighted by Gasteiger charge is -2.11. The lowest BCUT2D eigenvalue weighted by atomic mass is 10.3. The maximum absolute atomic E-state index is 12.5. The molecule has 0 bridgehead atoms. The van der Waals surface area contributed by atoms with Gasteiger partial charge in [0.15, 0.2) is 0 Å². The van der Waals surface area contributed by atoms with Crippen LogP contribution < -0.4 is 15.4 Å². The third-order valence-corrected chi connectivity index (χ3v) is 5.84. The molecule has 0 unspecified atom stereocenters. The second-order valence-electron chi connectivity index (χ2n) is 6.01. The van der Waals surface area contributed by atoms with E-state index in [4.69, 9.17) is 0 Å². The van der Waals surface area contributed by atoms with E-state index in [1.165, 1.54) is 0 Å². The summed E-state index contributed by atoms with van der Waals surface area (Å²) >= 11 is 2.13. The zero-order valence-electron chi connectivity index (χ0n) is 15.4. The van der Waals surface area contributed by atoms with Gasteiger partial charge in [0, 0.05) is 33.3 Å². The molecule has 3 aromatic rings. The van der Waals surface area contributed by atoms with Crippen LogP contribution >= 0.6 is 22.6 Å². The average molecular weight is 509 g/mol. The molecule has 0 aliphatic heterocycles. The number of nitrogens with zero attached hydrogens (tertiary/aromatic N) is 2. The highest BCUT2D eigenvalue weighted by Gasteiger charge is 2.13. The van der Waals surface area contributed by atoms with E-state index in [-0.39, 0.29) is 4.90 Å². The second-order valence-corrected chi connectivity index (χ2v) is 8.94. The van der Waals surface area contributed by atoms with Crippen molar-refractivity contribution in [2.75, 3.05) is 21.9 Å².